The highest BCUT2D eigenvalue weighted by Crippen LogP contribution is 1.91. The summed E-state index contributed by atoms with van der Waals surface area (Å²) in [4.78, 5) is 10.3. The highest BCUT2D eigenvalue weighted by atomic mass is 32.2. The van der Waals surface area contributed by atoms with E-state index < -0.39 is 0 Å². The topological polar surface area (TPSA) is 38.3 Å². The molecule has 1 amide bonds. The second-order valence-corrected chi connectivity index (χ2v) is 3.68. The molecule has 0 bridgehead atoms. The van der Waals surface area contributed by atoms with Gasteiger partial charge in [0.05, 0.1) is 6.10 Å². The van der Waals surface area contributed by atoms with Gasteiger partial charge in [-0.25, -0.2) is 4.79 Å². The van der Waals surface area contributed by atoms with Crippen LogP contribution in [-0.4, -0.2) is 31.3 Å². The highest BCUT2D eigenvalue weighted by Gasteiger charge is 1.98. The van der Waals surface area contributed by atoms with Crippen LogP contribution < -0.4 is 5.32 Å². The molecule has 0 aliphatic rings. The molecule has 3 nitrogen and oxygen atoms in total. The maximum Gasteiger partial charge on any atom is 0.407 e. The van der Waals surface area contributed by atoms with Gasteiger partial charge in [-0.05, 0) is 32.3 Å². The molecular weight excluding hydrogens is 186 g/mol. The Bertz CT molecular complexity index is 116. The lowest BCUT2D eigenvalue weighted by atomic mass is 10.5. The van der Waals surface area contributed by atoms with E-state index in [0.29, 0.717) is 0 Å². The molecule has 0 aliphatic carbocycles. The van der Waals surface area contributed by atoms with Crippen LogP contribution in [0.2, 0.25) is 0 Å². The quantitative estimate of drug-likeness (QED) is 0.772. The zero-order chi connectivity index (χ0) is 10.7. The highest BCUT2D eigenvalue weighted by molar-refractivity contribution is 7.98. The maximum atomic E-state index is 10.3. The third-order valence-corrected chi connectivity index (χ3v) is 1.77. The minimum atomic E-state index is -0.375. The normalized spacial score (nSPS) is 8.77. The molecule has 0 aromatic rings. The van der Waals surface area contributed by atoms with Gasteiger partial charge in [0.2, 0.25) is 0 Å². The Morgan fingerprint density at radius 3 is 2.15 bits per heavy atom. The van der Waals surface area contributed by atoms with E-state index in [0.717, 1.165) is 0 Å². The van der Waals surface area contributed by atoms with E-state index in [9.17, 15) is 4.79 Å². The van der Waals surface area contributed by atoms with Crippen LogP contribution in [-0.2, 0) is 4.74 Å². The predicted octanol–water partition coefficient (Wildman–Crippen LogP) is 2.51. The summed E-state index contributed by atoms with van der Waals surface area (Å²) in [7, 11) is 1.53. The third kappa shape index (κ3) is 18.5. The van der Waals surface area contributed by atoms with Gasteiger partial charge in [0, 0.05) is 7.05 Å². The fourth-order valence-electron chi connectivity index (χ4n) is 0.477. The predicted molar refractivity (Wildman–Crippen MR) is 59.3 cm³/mol. The monoisotopic (exact) mass is 207 g/mol. The van der Waals surface area contributed by atoms with Crippen molar-refractivity contribution in [2.75, 3.05) is 19.1 Å². The van der Waals surface area contributed by atoms with E-state index in [-0.39, 0.29) is 12.2 Å². The fraction of sp³-hybridized carbons (Fsp3) is 0.889. The smallest absolute Gasteiger partial charge is 0.407 e. The van der Waals surface area contributed by atoms with Gasteiger partial charge in [0.15, 0.2) is 0 Å². The summed E-state index contributed by atoms with van der Waals surface area (Å²) in [6.45, 7) is 5.79. The molecule has 0 aromatic heterocycles. The van der Waals surface area contributed by atoms with Crippen molar-refractivity contribution in [3.8, 4) is 0 Å². The zero-order valence-corrected chi connectivity index (χ0v) is 10.0. The minimum Gasteiger partial charge on any atom is -0.447 e. The number of nitrogens with one attached hydrogen (secondary N) is 1. The van der Waals surface area contributed by atoms with Crippen LogP contribution in [0.3, 0.4) is 0 Å². The Balaban J connectivity index is 0. The molecule has 0 rings (SSSR count). The van der Waals surface area contributed by atoms with Gasteiger partial charge in [-0.15, -0.1) is 0 Å². The van der Waals surface area contributed by atoms with Crippen LogP contribution in [0, 0.1) is 0 Å². The van der Waals surface area contributed by atoms with E-state index in [4.69, 9.17) is 0 Å². The number of alkyl carbamates (subject to hydrolysis) is 1. The number of hydrogen-bond donors (Lipinski definition) is 1. The van der Waals surface area contributed by atoms with E-state index in [1.54, 1.807) is 13.8 Å². The second kappa shape index (κ2) is 11.6. The van der Waals surface area contributed by atoms with Gasteiger partial charge in [0.1, 0.15) is 0 Å². The summed E-state index contributed by atoms with van der Waals surface area (Å²) in [5.74, 6) is 1.31. The number of amides is 1. The fourth-order valence-corrected chi connectivity index (χ4v) is 0.885. The summed E-state index contributed by atoms with van der Waals surface area (Å²) in [5, 5.41) is 2.34. The lowest BCUT2D eigenvalue weighted by molar-refractivity contribution is 0.117. The molecule has 13 heavy (non-hydrogen) atoms. The Kier molecular flexibility index (Phi) is 13.5. The van der Waals surface area contributed by atoms with Crippen molar-refractivity contribution in [2.45, 2.75) is 33.3 Å². The Morgan fingerprint density at radius 1 is 1.54 bits per heavy atom. The molecule has 4 heteroatoms. The maximum absolute atomic E-state index is 10.3. The molecule has 0 heterocycles. The molecule has 0 aliphatic heterocycles. The van der Waals surface area contributed by atoms with Crippen molar-refractivity contribution < 1.29 is 9.53 Å². The van der Waals surface area contributed by atoms with Gasteiger partial charge in [-0.1, -0.05) is 6.92 Å². The van der Waals surface area contributed by atoms with Crippen LogP contribution in [0.15, 0.2) is 0 Å². The Hall–Kier alpha value is -0.380. The molecule has 0 spiro atoms. The van der Waals surface area contributed by atoms with E-state index in [1.165, 1.54) is 19.2 Å². The largest absolute Gasteiger partial charge is 0.447 e. The van der Waals surface area contributed by atoms with Crippen LogP contribution in [0.1, 0.15) is 27.2 Å². The average molecular weight is 207 g/mol. The Labute approximate surface area is 85.6 Å². The standard InChI is InChI=1S/C5H11NO2.C4H10S/c1-4(2)8-5(7)6-3;1-3-4-5-2/h4H,1-3H3,(H,6,7);3-4H2,1-2H3. The van der Waals surface area contributed by atoms with Gasteiger partial charge < -0.3 is 10.1 Å². The van der Waals surface area contributed by atoms with E-state index in [1.807, 2.05) is 11.8 Å². The molecular formula is C9H21NO2S. The average Bonchev–Trinajstić information content (AvgIpc) is 2.06. The molecule has 0 fully saturated rings. The number of carbonyl (C=O) groups is 1. The number of ether oxygens (including phenoxy) is 1. The van der Waals surface area contributed by atoms with Gasteiger partial charge in [-0.2, -0.15) is 11.8 Å². The molecule has 0 saturated heterocycles. The number of hydrogen-bond acceptors (Lipinski definition) is 3. The lowest BCUT2D eigenvalue weighted by Gasteiger charge is -2.04. The van der Waals surface area contributed by atoms with Crippen molar-refractivity contribution >= 4 is 17.9 Å². The van der Waals surface area contributed by atoms with Crippen LogP contribution in [0.4, 0.5) is 4.79 Å². The van der Waals surface area contributed by atoms with Crippen LogP contribution in [0.5, 0.6) is 0 Å². The van der Waals surface area contributed by atoms with E-state index in [2.05, 4.69) is 23.2 Å². The summed E-state index contributed by atoms with van der Waals surface area (Å²) in [5.41, 5.74) is 0. The first-order chi connectivity index (χ1) is 6.08. The number of rotatable bonds is 3. The van der Waals surface area contributed by atoms with Crippen LogP contribution in [0.25, 0.3) is 0 Å². The summed E-state index contributed by atoms with van der Waals surface area (Å²) in [6.07, 6.45) is 3.03. The molecule has 80 valence electrons. The van der Waals surface area contributed by atoms with Crippen molar-refractivity contribution in [3.05, 3.63) is 0 Å². The molecule has 0 unspecified atom stereocenters. The first-order valence-electron chi connectivity index (χ1n) is 4.45. The van der Waals surface area contributed by atoms with Crippen molar-refractivity contribution in [3.63, 3.8) is 0 Å². The number of carbonyl (C=O) groups excluding carboxylic acids is 1. The second-order valence-electron chi connectivity index (χ2n) is 2.70. The van der Waals surface area contributed by atoms with Crippen LogP contribution >= 0.6 is 11.8 Å². The minimum absolute atomic E-state index is 0.0325. The van der Waals surface area contributed by atoms with Crippen molar-refractivity contribution in [2.24, 2.45) is 0 Å². The summed E-state index contributed by atoms with van der Waals surface area (Å²) < 4.78 is 4.65. The van der Waals surface area contributed by atoms with Crippen molar-refractivity contribution in [1.29, 1.82) is 0 Å². The molecule has 1 N–H and O–H groups in total. The molecule has 0 atom stereocenters. The summed E-state index contributed by atoms with van der Waals surface area (Å²) >= 11 is 1.90. The lowest BCUT2D eigenvalue weighted by Crippen LogP contribution is -2.22. The van der Waals surface area contributed by atoms with E-state index >= 15 is 0 Å². The molecule has 0 saturated carbocycles. The first-order valence-corrected chi connectivity index (χ1v) is 5.85. The van der Waals surface area contributed by atoms with Crippen molar-refractivity contribution in [1.82, 2.24) is 5.32 Å². The SMILES string of the molecule is CCCSC.CNC(=O)OC(C)C. The molecule has 0 aromatic carbocycles. The first kappa shape index (κ1) is 15.1. The third-order valence-electron chi connectivity index (χ3n) is 0.955. The number of thioether (sulfide) groups is 1. The zero-order valence-electron chi connectivity index (χ0n) is 9.22. The van der Waals surface area contributed by atoms with Gasteiger partial charge in [-0.3, -0.25) is 0 Å². The molecule has 0 radical (unpaired) electrons. The summed E-state index contributed by atoms with van der Waals surface area (Å²) in [6, 6.07) is 0. The Morgan fingerprint density at radius 2 is 2.08 bits per heavy atom. The van der Waals surface area contributed by atoms with Gasteiger partial charge >= 0.3 is 6.09 Å². The van der Waals surface area contributed by atoms with Gasteiger partial charge in [0.25, 0.3) is 0 Å².